The molecule has 4 nitrogen and oxygen atoms in total. The molecule has 25 heavy (non-hydrogen) atoms. The largest absolute Gasteiger partial charge is 0.293 e. The van der Waals surface area contributed by atoms with Gasteiger partial charge in [0, 0.05) is 30.4 Å². The maximum absolute atomic E-state index is 13.3. The molecule has 0 aliphatic carbocycles. The molecule has 0 N–H and O–H groups in total. The number of carbonyl (C=O) groups is 1. The number of aromatic nitrogens is 3. The molecule has 0 aliphatic heterocycles. The zero-order valence-electron chi connectivity index (χ0n) is 13.5. The quantitative estimate of drug-likeness (QED) is 0.523. The zero-order chi connectivity index (χ0) is 17.4. The number of Topliss-reactive ketones (excluding diaryl/α,β-unsaturated/α-hetero) is 1. The fourth-order valence-electron chi connectivity index (χ4n) is 2.95. The summed E-state index contributed by atoms with van der Waals surface area (Å²) in [7, 11) is 0. The molecule has 0 saturated heterocycles. The van der Waals surface area contributed by atoms with Crippen LogP contribution in [0, 0.1) is 5.82 Å². The highest BCUT2D eigenvalue weighted by Gasteiger charge is 2.19. The lowest BCUT2D eigenvalue weighted by Crippen LogP contribution is -2.03. The molecule has 0 atom stereocenters. The summed E-state index contributed by atoms with van der Waals surface area (Å²) in [4.78, 5) is 16.0. The molecule has 0 fully saturated rings. The fourth-order valence-corrected chi connectivity index (χ4v) is 2.95. The molecule has 0 saturated carbocycles. The van der Waals surface area contributed by atoms with Crippen molar-refractivity contribution < 1.29 is 9.18 Å². The van der Waals surface area contributed by atoms with Crippen LogP contribution in [0.25, 0.3) is 27.9 Å². The predicted molar refractivity (Wildman–Crippen MR) is 93.8 cm³/mol. The maximum Gasteiger partial charge on any atom is 0.178 e. The van der Waals surface area contributed by atoms with Crippen LogP contribution in [-0.4, -0.2) is 20.4 Å². The van der Waals surface area contributed by atoms with E-state index in [0.29, 0.717) is 11.4 Å². The minimum atomic E-state index is -0.303. The van der Waals surface area contributed by atoms with Crippen molar-refractivity contribution in [3.63, 3.8) is 0 Å². The average Bonchev–Trinajstić information content (AvgIpc) is 3.02. The summed E-state index contributed by atoms with van der Waals surface area (Å²) < 4.78 is 15.0. The molecule has 0 amide bonds. The number of fused-ring (bicyclic) bond motifs is 1. The summed E-state index contributed by atoms with van der Waals surface area (Å²) in [6.45, 7) is 1.51. The average molecular weight is 331 g/mol. The van der Waals surface area contributed by atoms with E-state index in [0.717, 1.165) is 22.2 Å². The highest BCUT2D eigenvalue weighted by molar-refractivity contribution is 5.97. The van der Waals surface area contributed by atoms with Crippen molar-refractivity contribution in [2.75, 3.05) is 0 Å². The number of halogens is 1. The van der Waals surface area contributed by atoms with Gasteiger partial charge in [-0.1, -0.05) is 6.07 Å². The zero-order valence-corrected chi connectivity index (χ0v) is 13.5. The Bertz CT molecular complexity index is 1070. The number of benzene rings is 1. The van der Waals surface area contributed by atoms with Crippen molar-refractivity contribution in [1.29, 1.82) is 0 Å². The van der Waals surface area contributed by atoms with Crippen LogP contribution in [0.5, 0.6) is 0 Å². The molecule has 0 bridgehead atoms. The van der Waals surface area contributed by atoms with Crippen LogP contribution >= 0.6 is 0 Å². The van der Waals surface area contributed by atoms with Gasteiger partial charge in [-0.3, -0.25) is 9.78 Å². The van der Waals surface area contributed by atoms with Crippen LogP contribution < -0.4 is 0 Å². The second-order valence-corrected chi connectivity index (χ2v) is 5.73. The maximum atomic E-state index is 13.3. The lowest BCUT2D eigenvalue weighted by atomic mass is 10.0. The molecule has 122 valence electrons. The molecule has 0 radical (unpaired) electrons. The van der Waals surface area contributed by atoms with Crippen LogP contribution in [0.4, 0.5) is 4.39 Å². The topological polar surface area (TPSA) is 47.3 Å². The van der Waals surface area contributed by atoms with Gasteiger partial charge in [0.05, 0.1) is 5.52 Å². The summed E-state index contributed by atoms with van der Waals surface area (Å²) >= 11 is 0. The monoisotopic (exact) mass is 331 g/mol. The van der Waals surface area contributed by atoms with Crippen molar-refractivity contribution in [1.82, 2.24) is 14.6 Å². The minimum Gasteiger partial charge on any atom is -0.293 e. The molecule has 3 heterocycles. The summed E-state index contributed by atoms with van der Waals surface area (Å²) in [6.07, 6.45) is 3.42. The first-order chi connectivity index (χ1) is 12.1. The van der Waals surface area contributed by atoms with E-state index in [-0.39, 0.29) is 11.6 Å². The minimum absolute atomic E-state index is 0.0694. The second-order valence-electron chi connectivity index (χ2n) is 5.73. The number of rotatable bonds is 3. The van der Waals surface area contributed by atoms with Gasteiger partial charge in [-0.25, -0.2) is 8.91 Å². The number of hydrogen-bond acceptors (Lipinski definition) is 3. The van der Waals surface area contributed by atoms with E-state index >= 15 is 0 Å². The molecule has 5 heteroatoms. The summed E-state index contributed by atoms with van der Waals surface area (Å²) in [5, 5.41) is 4.66. The molecule has 0 aliphatic rings. The lowest BCUT2D eigenvalue weighted by molar-refractivity contribution is 0.101. The van der Waals surface area contributed by atoms with Crippen LogP contribution in [0.15, 0.2) is 67.0 Å². The van der Waals surface area contributed by atoms with Crippen molar-refractivity contribution >= 4 is 11.3 Å². The third-order valence-corrected chi connectivity index (χ3v) is 4.10. The first-order valence-corrected chi connectivity index (χ1v) is 7.84. The van der Waals surface area contributed by atoms with Gasteiger partial charge in [0.1, 0.15) is 17.2 Å². The Kier molecular flexibility index (Phi) is 3.61. The van der Waals surface area contributed by atoms with E-state index in [1.54, 1.807) is 35.1 Å². The molecule has 0 spiro atoms. The fraction of sp³-hybridized carbons (Fsp3) is 0.0500. The number of ketones is 1. The third-order valence-electron chi connectivity index (χ3n) is 4.10. The standard InChI is InChI=1S/C20H14FN3O/c1-13(25)17-3-2-4-18-19(14-9-11-22-12-10-14)20(23-24(17)18)15-5-7-16(21)8-6-15/h2-12H,1H3. The predicted octanol–water partition coefficient (Wildman–Crippen LogP) is 4.41. The second kappa shape index (κ2) is 5.94. The van der Waals surface area contributed by atoms with E-state index in [2.05, 4.69) is 10.1 Å². The van der Waals surface area contributed by atoms with Crippen molar-refractivity contribution in [2.45, 2.75) is 6.92 Å². The first kappa shape index (κ1) is 15.2. The summed E-state index contributed by atoms with van der Waals surface area (Å²) in [6, 6.07) is 15.5. The van der Waals surface area contributed by atoms with Gasteiger partial charge in [0.15, 0.2) is 5.78 Å². The Balaban J connectivity index is 2.09. The van der Waals surface area contributed by atoms with Gasteiger partial charge in [0.2, 0.25) is 0 Å². The SMILES string of the molecule is CC(=O)c1cccc2c(-c3ccncc3)c(-c3ccc(F)cc3)nn12. The molecular formula is C20H14FN3O. The summed E-state index contributed by atoms with van der Waals surface area (Å²) in [5.41, 5.74) is 4.62. The number of pyridine rings is 2. The molecule has 4 aromatic rings. The van der Waals surface area contributed by atoms with Crippen molar-refractivity contribution in [3.05, 3.63) is 78.5 Å². The van der Waals surface area contributed by atoms with E-state index in [4.69, 9.17) is 0 Å². The van der Waals surface area contributed by atoms with Crippen LogP contribution in [0.1, 0.15) is 17.4 Å². The summed E-state index contributed by atoms with van der Waals surface area (Å²) in [5.74, 6) is -0.373. The Morgan fingerprint density at radius 3 is 2.36 bits per heavy atom. The molecule has 3 aromatic heterocycles. The normalized spacial score (nSPS) is 11.0. The van der Waals surface area contributed by atoms with Crippen LogP contribution in [-0.2, 0) is 0 Å². The van der Waals surface area contributed by atoms with Crippen molar-refractivity contribution in [2.24, 2.45) is 0 Å². The van der Waals surface area contributed by atoms with Gasteiger partial charge in [-0.15, -0.1) is 0 Å². The Hall–Kier alpha value is -3.34. The van der Waals surface area contributed by atoms with E-state index < -0.39 is 0 Å². The van der Waals surface area contributed by atoms with Crippen LogP contribution in [0.3, 0.4) is 0 Å². The van der Waals surface area contributed by atoms with Crippen molar-refractivity contribution in [3.8, 4) is 22.4 Å². The van der Waals surface area contributed by atoms with Gasteiger partial charge in [-0.05, 0) is 54.1 Å². The van der Waals surface area contributed by atoms with E-state index in [9.17, 15) is 9.18 Å². The number of nitrogens with zero attached hydrogens (tertiary/aromatic N) is 3. The highest BCUT2D eigenvalue weighted by atomic mass is 19.1. The van der Waals surface area contributed by atoms with E-state index in [1.165, 1.54) is 19.1 Å². The Morgan fingerprint density at radius 1 is 0.960 bits per heavy atom. The van der Waals surface area contributed by atoms with E-state index in [1.807, 2.05) is 24.3 Å². The van der Waals surface area contributed by atoms with Gasteiger partial charge in [0.25, 0.3) is 0 Å². The lowest BCUT2D eigenvalue weighted by Gasteiger charge is -2.04. The van der Waals surface area contributed by atoms with Crippen LogP contribution in [0.2, 0.25) is 0 Å². The molecule has 0 unspecified atom stereocenters. The van der Waals surface area contributed by atoms with Gasteiger partial charge < -0.3 is 0 Å². The smallest absolute Gasteiger partial charge is 0.178 e. The number of hydrogen-bond donors (Lipinski definition) is 0. The first-order valence-electron chi connectivity index (χ1n) is 7.84. The number of carbonyl (C=O) groups excluding carboxylic acids is 1. The molecule has 1 aromatic carbocycles. The van der Waals surface area contributed by atoms with Gasteiger partial charge >= 0.3 is 0 Å². The highest BCUT2D eigenvalue weighted by Crippen LogP contribution is 2.35. The molecule has 4 rings (SSSR count). The third kappa shape index (κ3) is 2.59. The Labute approximate surface area is 143 Å². The van der Waals surface area contributed by atoms with Gasteiger partial charge in [-0.2, -0.15) is 5.10 Å². The molecular weight excluding hydrogens is 317 g/mol. The Morgan fingerprint density at radius 2 is 1.68 bits per heavy atom.